The first-order chi connectivity index (χ1) is 6.86. The highest BCUT2D eigenvalue weighted by Gasteiger charge is 2.08. The molecule has 0 fully saturated rings. The number of thiazole rings is 1. The van der Waals surface area contributed by atoms with Crippen LogP contribution in [0.25, 0.3) is 0 Å². The van der Waals surface area contributed by atoms with E-state index in [2.05, 4.69) is 4.98 Å². The largest absolute Gasteiger partial charge is 0.353 e. The maximum atomic E-state index is 5.44. The Morgan fingerprint density at radius 1 is 1.36 bits per heavy atom. The molecule has 80 valence electrons. The van der Waals surface area contributed by atoms with Crippen LogP contribution in [0.5, 0.6) is 0 Å². The quantitative estimate of drug-likeness (QED) is 0.655. The summed E-state index contributed by atoms with van der Waals surface area (Å²) in [5.74, 6) is 0. The molecule has 0 saturated carbocycles. The molecule has 0 aliphatic carbocycles. The molecule has 0 aliphatic heterocycles. The molecular weight excluding hydrogens is 198 g/mol. The fourth-order valence-electron chi connectivity index (χ4n) is 1.20. The SMILES string of the molecule is CCOC(CCc1nccs1)OCC. The van der Waals surface area contributed by atoms with E-state index in [-0.39, 0.29) is 6.29 Å². The molecule has 1 aromatic heterocycles. The van der Waals surface area contributed by atoms with E-state index in [1.807, 2.05) is 25.4 Å². The second kappa shape index (κ2) is 6.92. The Balaban J connectivity index is 2.25. The molecule has 14 heavy (non-hydrogen) atoms. The third kappa shape index (κ3) is 4.17. The predicted octanol–water partition coefficient (Wildman–Crippen LogP) is 2.47. The zero-order chi connectivity index (χ0) is 10.2. The smallest absolute Gasteiger partial charge is 0.157 e. The fraction of sp³-hybridized carbons (Fsp3) is 0.700. The molecule has 0 aromatic carbocycles. The van der Waals surface area contributed by atoms with Gasteiger partial charge in [0.25, 0.3) is 0 Å². The molecule has 0 radical (unpaired) electrons. The van der Waals surface area contributed by atoms with E-state index in [9.17, 15) is 0 Å². The van der Waals surface area contributed by atoms with Crippen LogP contribution in [0.1, 0.15) is 25.3 Å². The lowest BCUT2D eigenvalue weighted by Crippen LogP contribution is -2.18. The van der Waals surface area contributed by atoms with Gasteiger partial charge in [-0.1, -0.05) is 0 Å². The topological polar surface area (TPSA) is 31.4 Å². The predicted molar refractivity (Wildman–Crippen MR) is 57.5 cm³/mol. The maximum Gasteiger partial charge on any atom is 0.157 e. The van der Waals surface area contributed by atoms with Crippen molar-refractivity contribution in [3.8, 4) is 0 Å². The van der Waals surface area contributed by atoms with Crippen molar-refractivity contribution < 1.29 is 9.47 Å². The van der Waals surface area contributed by atoms with Crippen molar-refractivity contribution in [2.75, 3.05) is 13.2 Å². The van der Waals surface area contributed by atoms with Crippen LogP contribution < -0.4 is 0 Å². The lowest BCUT2D eigenvalue weighted by Gasteiger charge is -2.15. The van der Waals surface area contributed by atoms with Gasteiger partial charge in [0, 0.05) is 37.6 Å². The Hall–Kier alpha value is -0.450. The lowest BCUT2D eigenvalue weighted by molar-refractivity contribution is -0.139. The lowest BCUT2D eigenvalue weighted by atomic mass is 10.3. The van der Waals surface area contributed by atoms with E-state index in [4.69, 9.17) is 9.47 Å². The molecular formula is C10H17NO2S. The van der Waals surface area contributed by atoms with Gasteiger partial charge in [-0.15, -0.1) is 11.3 Å². The third-order valence-electron chi connectivity index (χ3n) is 1.78. The van der Waals surface area contributed by atoms with E-state index in [1.54, 1.807) is 11.3 Å². The Morgan fingerprint density at radius 2 is 2.07 bits per heavy atom. The summed E-state index contributed by atoms with van der Waals surface area (Å²) in [6, 6.07) is 0. The van der Waals surface area contributed by atoms with Gasteiger partial charge in [-0.25, -0.2) is 4.98 Å². The normalized spacial score (nSPS) is 11.1. The molecule has 0 spiro atoms. The summed E-state index contributed by atoms with van der Waals surface area (Å²) in [6.07, 6.45) is 3.57. The number of hydrogen-bond acceptors (Lipinski definition) is 4. The summed E-state index contributed by atoms with van der Waals surface area (Å²) in [5, 5.41) is 3.14. The molecule has 0 amide bonds. The fourth-order valence-corrected chi connectivity index (χ4v) is 1.84. The minimum Gasteiger partial charge on any atom is -0.353 e. The number of hydrogen-bond donors (Lipinski definition) is 0. The average Bonchev–Trinajstić information content (AvgIpc) is 2.67. The van der Waals surface area contributed by atoms with Gasteiger partial charge in [0.1, 0.15) is 0 Å². The Bertz CT molecular complexity index is 220. The van der Waals surface area contributed by atoms with Crippen molar-refractivity contribution in [3.05, 3.63) is 16.6 Å². The van der Waals surface area contributed by atoms with Crippen molar-refractivity contribution in [2.24, 2.45) is 0 Å². The van der Waals surface area contributed by atoms with Crippen molar-refractivity contribution >= 4 is 11.3 Å². The molecule has 0 atom stereocenters. The third-order valence-corrected chi connectivity index (χ3v) is 2.62. The standard InChI is InChI=1S/C10H17NO2S/c1-3-12-10(13-4-2)6-5-9-11-7-8-14-9/h7-8,10H,3-6H2,1-2H3. The Kier molecular flexibility index (Phi) is 5.75. The van der Waals surface area contributed by atoms with E-state index in [1.165, 1.54) is 0 Å². The van der Waals surface area contributed by atoms with E-state index in [0.29, 0.717) is 13.2 Å². The van der Waals surface area contributed by atoms with Crippen LogP contribution in [-0.2, 0) is 15.9 Å². The van der Waals surface area contributed by atoms with Gasteiger partial charge in [-0.3, -0.25) is 0 Å². The number of aryl methyl sites for hydroxylation is 1. The number of aromatic nitrogens is 1. The second-order valence-electron chi connectivity index (χ2n) is 2.80. The first-order valence-corrected chi connectivity index (χ1v) is 5.86. The van der Waals surface area contributed by atoms with Gasteiger partial charge in [-0.05, 0) is 13.8 Å². The van der Waals surface area contributed by atoms with Gasteiger partial charge >= 0.3 is 0 Å². The van der Waals surface area contributed by atoms with E-state index >= 15 is 0 Å². The molecule has 1 aromatic rings. The number of ether oxygens (including phenoxy) is 2. The van der Waals surface area contributed by atoms with E-state index < -0.39 is 0 Å². The summed E-state index contributed by atoms with van der Waals surface area (Å²) < 4.78 is 10.9. The van der Waals surface area contributed by atoms with Crippen LogP contribution in [0.4, 0.5) is 0 Å². The van der Waals surface area contributed by atoms with Crippen molar-refractivity contribution in [2.45, 2.75) is 33.0 Å². The highest BCUT2D eigenvalue weighted by molar-refractivity contribution is 7.09. The van der Waals surface area contributed by atoms with Crippen LogP contribution in [0.3, 0.4) is 0 Å². The molecule has 0 N–H and O–H groups in total. The minimum atomic E-state index is -0.0751. The summed E-state index contributed by atoms with van der Waals surface area (Å²) >= 11 is 1.68. The molecule has 0 aliphatic rings. The number of nitrogens with zero attached hydrogens (tertiary/aromatic N) is 1. The summed E-state index contributed by atoms with van der Waals surface area (Å²) in [5.41, 5.74) is 0. The highest BCUT2D eigenvalue weighted by Crippen LogP contribution is 2.10. The zero-order valence-electron chi connectivity index (χ0n) is 8.73. The Labute approximate surface area is 89.1 Å². The van der Waals surface area contributed by atoms with Crippen molar-refractivity contribution in [1.82, 2.24) is 4.98 Å². The van der Waals surface area contributed by atoms with E-state index in [0.717, 1.165) is 17.8 Å². The van der Waals surface area contributed by atoms with Crippen LogP contribution >= 0.6 is 11.3 Å². The second-order valence-corrected chi connectivity index (χ2v) is 3.78. The molecule has 0 saturated heterocycles. The molecule has 1 heterocycles. The summed E-state index contributed by atoms with van der Waals surface area (Å²) in [7, 11) is 0. The number of rotatable bonds is 7. The molecule has 3 nitrogen and oxygen atoms in total. The van der Waals surface area contributed by atoms with Crippen molar-refractivity contribution in [3.63, 3.8) is 0 Å². The molecule has 1 rings (SSSR count). The first-order valence-electron chi connectivity index (χ1n) is 4.98. The first kappa shape index (κ1) is 11.6. The van der Waals surface area contributed by atoms with Gasteiger partial charge in [0.2, 0.25) is 0 Å². The Morgan fingerprint density at radius 3 is 2.57 bits per heavy atom. The zero-order valence-corrected chi connectivity index (χ0v) is 9.55. The van der Waals surface area contributed by atoms with Crippen LogP contribution in [-0.4, -0.2) is 24.5 Å². The average molecular weight is 215 g/mol. The summed E-state index contributed by atoms with van der Waals surface area (Å²) in [6.45, 7) is 5.36. The van der Waals surface area contributed by atoms with Gasteiger partial charge in [0.05, 0.1) is 5.01 Å². The monoisotopic (exact) mass is 215 g/mol. The molecule has 4 heteroatoms. The van der Waals surface area contributed by atoms with Crippen LogP contribution in [0, 0.1) is 0 Å². The highest BCUT2D eigenvalue weighted by atomic mass is 32.1. The van der Waals surface area contributed by atoms with Crippen LogP contribution in [0.15, 0.2) is 11.6 Å². The minimum absolute atomic E-state index is 0.0751. The summed E-state index contributed by atoms with van der Waals surface area (Å²) in [4.78, 5) is 4.22. The molecule has 0 unspecified atom stereocenters. The van der Waals surface area contributed by atoms with Gasteiger partial charge < -0.3 is 9.47 Å². The molecule has 0 bridgehead atoms. The van der Waals surface area contributed by atoms with Crippen molar-refractivity contribution in [1.29, 1.82) is 0 Å². The van der Waals surface area contributed by atoms with Gasteiger partial charge in [-0.2, -0.15) is 0 Å². The van der Waals surface area contributed by atoms with Crippen LogP contribution in [0.2, 0.25) is 0 Å². The maximum absolute atomic E-state index is 5.44. The van der Waals surface area contributed by atoms with Gasteiger partial charge in [0.15, 0.2) is 6.29 Å².